The molecule has 0 saturated carbocycles. The number of nitrogens with one attached hydrogen (secondary N) is 2. The summed E-state index contributed by atoms with van der Waals surface area (Å²) >= 11 is 0. The molecule has 0 aromatic carbocycles. The average Bonchev–Trinajstić information content (AvgIpc) is 2.85. The Morgan fingerprint density at radius 3 is 2.67 bits per heavy atom. The Kier molecular flexibility index (Phi) is 4.58. The summed E-state index contributed by atoms with van der Waals surface area (Å²) in [6, 6.07) is -0.0354. The molecule has 18 heavy (non-hydrogen) atoms. The van der Waals surface area contributed by atoms with Crippen molar-refractivity contribution in [2.24, 2.45) is 0 Å². The predicted octanol–water partition coefficient (Wildman–Crippen LogP) is -1.41. The maximum Gasteiger partial charge on any atom is 0.237 e. The van der Waals surface area contributed by atoms with Gasteiger partial charge >= 0.3 is 0 Å². The zero-order chi connectivity index (χ0) is 13.0. The van der Waals surface area contributed by atoms with E-state index in [0.717, 1.165) is 25.9 Å². The van der Waals surface area contributed by atoms with Gasteiger partial charge in [0.1, 0.15) is 0 Å². The van der Waals surface area contributed by atoms with E-state index in [1.807, 2.05) is 0 Å². The molecule has 104 valence electrons. The molecule has 1 amide bonds. The molecule has 0 aliphatic carbocycles. The third kappa shape index (κ3) is 3.93. The molecular weight excluding hydrogens is 254 g/mol. The third-order valence-corrected chi connectivity index (χ3v) is 5.15. The van der Waals surface area contributed by atoms with Gasteiger partial charge in [0.2, 0.25) is 5.91 Å². The fourth-order valence-electron chi connectivity index (χ4n) is 2.34. The van der Waals surface area contributed by atoms with Crippen molar-refractivity contribution in [1.82, 2.24) is 15.5 Å². The first kappa shape index (κ1) is 13.8. The number of nitrogens with zero attached hydrogens (tertiary/aromatic N) is 1. The Hall–Kier alpha value is -0.660. The van der Waals surface area contributed by atoms with Gasteiger partial charge < -0.3 is 10.6 Å². The van der Waals surface area contributed by atoms with E-state index in [4.69, 9.17) is 0 Å². The van der Waals surface area contributed by atoms with E-state index >= 15 is 0 Å². The van der Waals surface area contributed by atoms with Crippen molar-refractivity contribution < 1.29 is 13.2 Å². The molecule has 7 heteroatoms. The summed E-state index contributed by atoms with van der Waals surface area (Å²) in [6.45, 7) is 3.41. The molecule has 2 aliphatic rings. The fourth-order valence-corrected chi connectivity index (χ4v) is 3.62. The largest absolute Gasteiger partial charge is 0.353 e. The van der Waals surface area contributed by atoms with Crippen LogP contribution in [0.5, 0.6) is 0 Å². The van der Waals surface area contributed by atoms with E-state index in [2.05, 4.69) is 15.5 Å². The second-order valence-electron chi connectivity index (χ2n) is 4.93. The highest BCUT2D eigenvalue weighted by Gasteiger charge is 2.23. The van der Waals surface area contributed by atoms with Crippen molar-refractivity contribution in [2.45, 2.75) is 18.9 Å². The molecular formula is C11H21N3O3S. The quantitative estimate of drug-likeness (QED) is 0.659. The summed E-state index contributed by atoms with van der Waals surface area (Å²) < 4.78 is 22.5. The van der Waals surface area contributed by atoms with Crippen molar-refractivity contribution in [2.75, 3.05) is 44.2 Å². The molecule has 1 atom stereocenters. The Bertz CT molecular complexity index is 376. The van der Waals surface area contributed by atoms with Crippen LogP contribution in [0.2, 0.25) is 0 Å². The lowest BCUT2D eigenvalue weighted by Crippen LogP contribution is -2.46. The van der Waals surface area contributed by atoms with Gasteiger partial charge in [-0.15, -0.1) is 0 Å². The molecule has 2 rings (SSSR count). The molecule has 0 aromatic heterocycles. The van der Waals surface area contributed by atoms with Crippen LogP contribution in [0.4, 0.5) is 0 Å². The second-order valence-corrected chi connectivity index (χ2v) is 7.24. The lowest BCUT2D eigenvalue weighted by atomic mass is 10.2. The van der Waals surface area contributed by atoms with Crippen LogP contribution in [0, 0.1) is 0 Å². The van der Waals surface area contributed by atoms with Crippen molar-refractivity contribution in [3.8, 4) is 0 Å². The first-order valence-corrected chi connectivity index (χ1v) is 8.33. The zero-order valence-electron chi connectivity index (χ0n) is 10.5. The number of sulfone groups is 1. The van der Waals surface area contributed by atoms with Crippen molar-refractivity contribution in [3.05, 3.63) is 0 Å². The summed E-state index contributed by atoms with van der Waals surface area (Å²) in [5, 5.41) is 6.05. The van der Waals surface area contributed by atoms with Crippen molar-refractivity contribution in [3.63, 3.8) is 0 Å². The second kappa shape index (κ2) is 5.99. The number of hydrogen-bond acceptors (Lipinski definition) is 5. The van der Waals surface area contributed by atoms with E-state index in [9.17, 15) is 13.2 Å². The minimum Gasteiger partial charge on any atom is -0.353 e. The SMILES string of the molecule is O=C(NCCN1CCS(=O)(=O)CC1)C1CCCN1. The Morgan fingerprint density at radius 1 is 1.33 bits per heavy atom. The molecule has 2 fully saturated rings. The summed E-state index contributed by atoms with van der Waals surface area (Å²) in [5.74, 6) is 0.549. The van der Waals surface area contributed by atoms with Crippen molar-refractivity contribution >= 4 is 15.7 Å². The summed E-state index contributed by atoms with van der Waals surface area (Å²) in [6.07, 6.45) is 1.97. The van der Waals surface area contributed by atoms with E-state index in [-0.39, 0.29) is 23.5 Å². The predicted molar refractivity (Wildman–Crippen MR) is 69.1 cm³/mol. The molecule has 2 heterocycles. The lowest BCUT2D eigenvalue weighted by molar-refractivity contribution is -0.122. The molecule has 0 spiro atoms. The van der Waals surface area contributed by atoms with Crippen LogP contribution in [-0.4, -0.2) is 69.5 Å². The first-order chi connectivity index (χ1) is 8.57. The Labute approximate surface area is 108 Å². The van der Waals surface area contributed by atoms with Crippen LogP contribution in [-0.2, 0) is 14.6 Å². The average molecular weight is 275 g/mol. The highest BCUT2D eigenvalue weighted by atomic mass is 32.2. The normalized spacial score (nSPS) is 28.1. The molecule has 6 nitrogen and oxygen atoms in total. The molecule has 0 radical (unpaired) electrons. The molecule has 2 N–H and O–H groups in total. The molecule has 2 saturated heterocycles. The van der Waals surface area contributed by atoms with Gasteiger partial charge in [0.05, 0.1) is 17.5 Å². The molecule has 1 unspecified atom stereocenters. The van der Waals surface area contributed by atoms with Crippen LogP contribution in [0.25, 0.3) is 0 Å². The van der Waals surface area contributed by atoms with Gasteiger partial charge in [-0.3, -0.25) is 9.69 Å². The van der Waals surface area contributed by atoms with Crippen LogP contribution >= 0.6 is 0 Å². The van der Waals surface area contributed by atoms with Crippen LogP contribution in [0.1, 0.15) is 12.8 Å². The minimum absolute atomic E-state index is 0.0354. The number of rotatable bonds is 4. The number of hydrogen-bond donors (Lipinski definition) is 2. The minimum atomic E-state index is -2.81. The van der Waals surface area contributed by atoms with Crippen LogP contribution in [0.15, 0.2) is 0 Å². The van der Waals surface area contributed by atoms with Gasteiger partial charge in [-0.2, -0.15) is 0 Å². The summed E-state index contributed by atoms with van der Waals surface area (Å²) in [5.41, 5.74) is 0. The topological polar surface area (TPSA) is 78.5 Å². The first-order valence-electron chi connectivity index (χ1n) is 6.51. The summed E-state index contributed by atoms with van der Waals surface area (Å²) in [4.78, 5) is 13.8. The van der Waals surface area contributed by atoms with Gasteiger partial charge in [-0.1, -0.05) is 0 Å². The highest BCUT2D eigenvalue weighted by molar-refractivity contribution is 7.91. The molecule has 2 aliphatic heterocycles. The Balaban J connectivity index is 1.62. The highest BCUT2D eigenvalue weighted by Crippen LogP contribution is 2.05. The number of carbonyl (C=O) groups excluding carboxylic acids is 1. The van der Waals surface area contributed by atoms with E-state index in [1.165, 1.54) is 0 Å². The van der Waals surface area contributed by atoms with Crippen LogP contribution in [0.3, 0.4) is 0 Å². The van der Waals surface area contributed by atoms with E-state index in [1.54, 1.807) is 0 Å². The standard InChI is InChI=1S/C11H21N3O3S/c15-11(10-2-1-3-12-10)13-4-5-14-6-8-18(16,17)9-7-14/h10,12H,1-9H2,(H,13,15). The van der Waals surface area contributed by atoms with E-state index < -0.39 is 9.84 Å². The third-order valence-electron chi connectivity index (χ3n) is 3.54. The van der Waals surface area contributed by atoms with Gasteiger partial charge in [-0.05, 0) is 19.4 Å². The smallest absolute Gasteiger partial charge is 0.237 e. The van der Waals surface area contributed by atoms with Gasteiger partial charge in [0.15, 0.2) is 9.84 Å². The van der Waals surface area contributed by atoms with Gasteiger partial charge in [0, 0.05) is 26.2 Å². The van der Waals surface area contributed by atoms with Crippen molar-refractivity contribution in [1.29, 1.82) is 0 Å². The van der Waals surface area contributed by atoms with Crippen LogP contribution < -0.4 is 10.6 Å². The Morgan fingerprint density at radius 2 is 2.06 bits per heavy atom. The van der Waals surface area contributed by atoms with Gasteiger partial charge in [-0.25, -0.2) is 8.42 Å². The zero-order valence-corrected chi connectivity index (χ0v) is 11.3. The number of amides is 1. The van der Waals surface area contributed by atoms with E-state index in [0.29, 0.717) is 19.6 Å². The fraction of sp³-hybridized carbons (Fsp3) is 0.909. The lowest BCUT2D eigenvalue weighted by Gasteiger charge is -2.26. The molecule has 0 bridgehead atoms. The van der Waals surface area contributed by atoms with Gasteiger partial charge in [0.25, 0.3) is 0 Å². The monoisotopic (exact) mass is 275 g/mol. The summed E-state index contributed by atoms with van der Waals surface area (Å²) in [7, 11) is -2.81. The molecule has 0 aromatic rings. The number of carbonyl (C=O) groups is 1. The maximum atomic E-state index is 11.7. The maximum absolute atomic E-state index is 11.7.